The number of ether oxygens (including phenoxy) is 5. The number of ketones is 2. The van der Waals surface area contributed by atoms with Crippen LogP contribution in [0.3, 0.4) is 0 Å². The van der Waals surface area contributed by atoms with Gasteiger partial charge in [0.2, 0.25) is 0 Å². The van der Waals surface area contributed by atoms with E-state index in [1.807, 2.05) is 46.4 Å². The first kappa shape index (κ1) is 67.1. The van der Waals surface area contributed by atoms with E-state index in [2.05, 4.69) is 0 Å². The monoisotopic (exact) mass is 1180 g/mol. The molecule has 3 aromatic rings. The van der Waals surface area contributed by atoms with Crippen LogP contribution in [-0.2, 0) is 54.5 Å². The topological polar surface area (TPSA) is 182 Å². The van der Waals surface area contributed by atoms with Gasteiger partial charge >= 0.3 is 24.2 Å². The molecule has 3 saturated heterocycles. The molecule has 0 saturated carbocycles. The van der Waals surface area contributed by atoms with Gasteiger partial charge in [0.1, 0.15) is 34.3 Å². The summed E-state index contributed by atoms with van der Waals surface area (Å²) in [6.07, 6.45) is -0.740. The summed E-state index contributed by atoms with van der Waals surface area (Å²) in [5, 5.41) is 9.79. The molecule has 3 aromatic carbocycles. The molecule has 6 atom stereocenters. The maximum atomic E-state index is 16.2. The van der Waals surface area contributed by atoms with Crippen molar-refractivity contribution in [1.82, 2.24) is 19.6 Å². The Morgan fingerprint density at radius 2 is 0.821 bits per heavy atom. The molecular weight excluding hydrogens is 1090 g/mol. The molecule has 0 unspecified atom stereocenters. The summed E-state index contributed by atoms with van der Waals surface area (Å²) >= 11 is 0. The van der Waals surface area contributed by atoms with Crippen molar-refractivity contribution in [3.05, 3.63) is 105 Å². The molecule has 3 fully saturated rings. The van der Waals surface area contributed by atoms with Crippen molar-refractivity contribution in [2.24, 2.45) is 35.5 Å². The molecule has 1 N–H and O–H groups in total. The number of halogens is 3. The molecule has 84 heavy (non-hydrogen) atoms. The maximum absolute atomic E-state index is 16.2. The van der Waals surface area contributed by atoms with E-state index in [0.717, 1.165) is 0 Å². The lowest BCUT2D eigenvalue weighted by Gasteiger charge is -2.29. The Labute approximate surface area is 495 Å². The molecule has 0 aromatic heterocycles. The van der Waals surface area contributed by atoms with Crippen LogP contribution in [-0.4, -0.2) is 141 Å². The molecule has 3 aliphatic heterocycles. The first-order valence-electron chi connectivity index (χ1n) is 29.4. The molecule has 3 heterocycles. The van der Waals surface area contributed by atoms with E-state index >= 15 is 13.2 Å². The van der Waals surface area contributed by atoms with Crippen molar-refractivity contribution in [2.75, 3.05) is 52.5 Å². The van der Waals surface area contributed by atoms with E-state index in [1.54, 1.807) is 90.3 Å². The second-order valence-corrected chi connectivity index (χ2v) is 28.2. The molecule has 19 heteroatoms. The zero-order valence-electron chi connectivity index (χ0n) is 52.1. The Morgan fingerprint density at radius 1 is 0.476 bits per heavy atom. The van der Waals surface area contributed by atoms with Crippen LogP contribution < -0.4 is 0 Å². The van der Waals surface area contributed by atoms with Gasteiger partial charge in [-0.25, -0.2) is 27.6 Å². The molecule has 464 valence electrons. The molecule has 0 bridgehead atoms. The highest BCUT2D eigenvalue weighted by Crippen LogP contribution is 2.35. The van der Waals surface area contributed by atoms with Gasteiger partial charge in [0.05, 0.1) is 42.2 Å². The first-order valence-corrected chi connectivity index (χ1v) is 29.4. The van der Waals surface area contributed by atoms with Gasteiger partial charge < -0.3 is 43.5 Å². The van der Waals surface area contributed by atoms with Gasteiger partial charge in [-0.2, -0.15) is 0 Å². The fourth-order valence-corrected chi connectivity index (χ4v) is 11.2. The zero-order valence-corrected chi connectivity index (χ0v) is 52.1. The SMILES string of the molecule is CC(C)(C)OC[C@@H](C(=O)c1cc(F)cc(CN(Cc2cc(F)cc(C[C@H](C(=O)OC(C)(C)C)[C@H]3CCN(C(=O)O)C3)c2)Cc2cc(F)cc(C(=O)[C@H](COC(C)(C)C)[C@H]3CCN(C(=O)OC(C)(C)C)C3)c2)c1)[C@H]1CCN(C(=O)OC(C)(C)C)C1. The number of esters is 1. The summed E-state index contributed by atoms with van der Waals surface area (Å²) in [7, 11) is 0. The predicted octanol–water partition coefficient (Wildman–Crippen LogP) is 12.5. The highest BCUT2D eigenvalue weighted by Gasteiger charge is 2.42. The fraction of sp³-hybridized carbons (Fsp3) is 0.631. The van der Waals surface area contributed by atoms with Crippen molar-refractivity contribution in [3.63, 3.8) is 0 Å². The van der Waals surface area contributed by atoms with Gasteiger partial charge in [-0.3, -0.25) is 19.3 Å². The van der Waals surface area contributed by atoms with Crippen LogP contribution in [0.2, 0.25) is 0 Å². The number of likely N-dealkylation sites (tertiary alicyclic amines) is 3. The van der Waals surface area contributed by atoms with Crippen LogP contribution in [0.1, 0.15) is 166 Å². The third kappa shape index (κ3) is 20.6. The van der Waals surface area contributed by atoms with Crippen LogP contribution in [0.25, 0.3) is 0 Å². The number of nitrogens with zero attached hydrogens (tertiary/aromatic N) is 4. The fourth-order valence-electron chi connectivity index (χ4n) is 11.2. The second kappa shape index (κ2) is 27.1. The third-order valence-electron chi connectivity index (χ3n) is 14.9. The Kier molecular flexibility index (Phi) is 21.7. The summed E-state index contributed by atoms with van der Waals surface area (Å²) in [6.45, 7) is 28.3. The molecule has 0 aliphatic carbocycles. The normalized spacial score (nSPS) is 19.1. The number of rotatable bonds is 20. The van der Waals surface area contributed by atoms with Gasteiger partial charge in [0, 0.05) is 70.0 Å². The lowest BCUT2D eigenvalue weighted by molar-refractivity contribution is -0.162. The van der Waals surface area contributed by atoms with Crippen LogP contribution in [0.4, 0.5) is 27.6 Å². The number of carbonyl (C=O) groups is 6. The molecule has 3 amide bonds. The van der Waals surface area contributed by atoms with E-state index in [-0.39, 0.29) is 100.0 Å². The number of hydrogen-bond donors (Lipinski definition) is 1. The van der Waals surface area contributed by atoms with Crippen molar-refractivity contribution < 1.29 is 70.7 Å². The average molecular weight is 1180 g/mol. The second-order valence-electron chi connectivity index (χ2n) is 28.2. The Hall–Kier alpha value is -6.05. The maximum Gasteiger partial charge on any atom is 0.410 e. The average Bonchev–Trinajstić information content (AvgIpc) is 4.10. The third-order valence-corrected chi connectivity index (χ3v) is 14.9. The lowest BCUT2D eigenvalue weighted by atomic mass is 9.85. The first-order chi connectivity index (χ1) is 38.8. The summed E-state index contributed by atoms with van der Waals surface area (Å²) in [4.78, 5) is 88.1. The van der Waals surface area contributed by atoms with E-state index in [1.165, 1.54) is 41.3 Å². The summed E-state index contributed by atoms with van der Waals surface area (Å²) in [5.74, 6) is -6.84. The minimum atomic E-state index is -1.11. The lowest BCUT2D eigenvalue weighted by Crippen LogP contribution is -2.38. The van der Waals surface area contributed by atoms with Crippen LogP contribution >= 0.6 is 0 Å². The van der Waals surface area contributed by atoms with Crippen LogP contribution in [0.15, 0.2) is 54.6 Å². The highest BCUT2D eigenvalue weighted by atomic mass is 19.1. The Morgan fingerprint density at radius 3 is 1.19 bits per heavy atom. The van der Waals surface area contributed by atoms with Crippen molar-refractivity contribution >= 4 is 35.8 Å². The van der Waals surface area contributed by atoms with Gasteiger partial charge in [-0.1, -0.05) is 6.07 Å². The zero-order chi connectivity index (χ0) is 62.4. The van der Waals surface area contributed by atoms with Crippen molar-refractivity contribution in [1.29, 1.82) is 0 Å². The van der Waals surface area contributed by atoms with Crippen LogP contribution in [0.5, 0.6) is 0 Å². The number of hydrogen-bond acceptors (Lipinski definition) is 12. The number of Topliss-reactive ketones (excluding diaryl/α,β-unsaturated/α-hetero) is 2. The van der Waals surface area contributed by atoms with Crippen molar-refractivity contribution in [3.8, 4) is 0 Å². The smallest absolute Gasteiger partial charge is 0.410 e. The largest absolute Gasteiger partial charge is 0.465 e. The minimum absolute atomic E-state index is 0.00502. The van der Waals surface area contributed by atoms with Gasteiger partial charge in [-0.15, -0.1) is 0 Å². The Bertz CT molecular complexity index is 2710. The van der Waals surface area contributed by atoms with E-state index in [9.17, 15) is 33.9 Å². The number of carboxylic acid groups (broad SMARTS) is 1. The highest BCUT2D eigenvalue weighted by molar-refractivity contribution is 5.99. The summed E-state index contributed by atoms with van der Waals surface area (Å²) in [6, 6.07) is 12.5. The molecular formula is C65H91F3N4O12. The molecule has 6 rings (SSSR count). The molecule has 16 nitrogen and oxygen atoms in total. The quantitative estimate of drug-likeness (QED) is 0.0641. The number of amides is 3. The van der Waals surface area contributed by atoms with E-state index in [0.29, 0.717) is 54.6 Å². The van der Waals surface area contributed by atoms with Crippen molar-refractivity contribution in [2.45, 2.75) is 177 Å². The van der Waals surface area contributed by atoms with E-state index in [4.69, 9.17) is 23.7 Å². The number of carbonyl (C=O) groups excluding carboxylic acids is 5. The van der Waals surface area contributed by atoms with Gasteiger partial charge in [0.15, 0.2) is 11.6 Å². The predicted molar refractivity (Wildman–Crippen MR) is 312 cm³/mol. The standard InChI is InChI=1S/C65H91F3N4O12/c1-61(2,3)80-38-53(45-17-20-71(36-45)59(78)83-64(10,11)12)55(73)47-23-42(27-50(67)30-47)33-69(32-41-22-40(25-49(66)26-41)29-52(57(75)82-63(7,8)9)44-16-19-70(35-44)58(76)77)34-43-24-48(31-51(68)28-43)56(74)54(39-81-62(4,5)6)46-18-21-72(37-46)60(79)84-65(13,14)15/h22-28,30-31,44-46,52-54H,16-21,29,32-39H2,1-15H3,(H,76,77)/t44-,45-,46-,52-,53+,54+/m0/s1. The minimum Gasteiger partial charge on any atom is -0.465 e. The van der Waals surface area contributed by atoms with Crippen LogP contribution in [0, 0.1) is 53.0 Å². The Balaban J connectivity index is 1.37. The molecule has 0 spiro atoms. The van der Waals surface area contributed by atoms with Gasteiger partial charge in [0.25, 0.3) is 0 Å². The molecule has 0 radical (unpaired) electrons. The molecule has 3 aliphatic rings. The van der Waals surface area contributed by atoms with E-state index < -0.39 is 93.4 Å². The van der Waals surface area contributed by atoms with Gasteiger partial charge in [-0.05, 0) is 218 Å². The number of benzene rings is 3. The summed E-state index contributed by atoms with van der Waals surface area (Å²) in [5.41, 5.74) is -1.91. The summed E-state index contributed by atoms with van der Waals surface area (Å²) < 4.78 is 78.0.